The quantitative estimate of drug-likeness (QED) is 0.824. The second-order valence-electron chi connectivity index (χ2n) is 6.70. The summed E-state index contributed by atoms with van der Waals surface area (Å²) in [6, 6.07) is 14.1. The van der Waals surface area contributed by atoms with Crippen LogP contribution in [0.4, 0.5) is 5.69 Å². The molecule has 0 saturated heterocycles. The molecule has 0 radical (unpaired) electrons. The van der Waals surface area contributed by atoms with E-state index in [1.165, 1.54) is 11.8 Å². The van der Waals surface area contributed by atoms with E-state index >= 15 is 0 Å². The van der Waals surface area contributed by atoms with E-state index in [4.69, 9.17) is 0 Å². The molecule has 6 heteroatoms. The second kappa shape index (κ2) is 8.98. The van der Waals surface area contributed by atoms with E-state index in [0.29, 0.717) is 11.3 Å². The number of anilines is 1. The Morgan fingerprint density at radius 2 is 1.70 bits per heavy atom. The molecule has 2 rings (SSSR count). The molecule has 0 saturated carbocycles. The van der Waals surface area contributed by atoms with Crippen molar-refractivity contribution in [2.24, 2.45) is 0 Å². The van der Waals surface area contributed by atoms with Crippen LogP contribution in [0.25, 0.3) is 0 Å². The van der Waals surface area contributed by atoms with Crippen LogP contribution in [0.5, 0.6) is 0 Å². The molecule has 0 spiro atoms. The van der Waals surface area contributed by atoms with Crippen molar-refractivity contribution in [2.45, 2.75) is 26.3 Å². The highest BCUT2D eigenvalue weighted by Gasteiger charge is 2.18. The lowest BCUT2D eigenvalue weighted by Gasteiger charge is -2.18. The zero-order valence-corrected chi connectivity index (χ0v) is 16.1. The molecule has 1 atom stereocenters. The normalized spacial score (nSPS) is 11.4. The Balaban J connectivity index is 2.11. The van der Waals surface area contributed by atoms with E-state index in [0.717, 1.165) is 11.1 Å². The third-order valence-corrected chi connectivity index (χ3v) is 4.05. The van der Waals surface area contributed by atoms with Gasteiger partial charge in [0.15, 0.2) is 0 Å². The predicted octanol–water partition coefficient (Wildman–Crippen LogP) is 2.90. The molecule has 142 valence electrons. The van der Waals surface area contributed by atoms with Crippen molar-refractivity contribution in [3.63, 3.8) is 0 Å². The lowest BCUT2D eigenvalue weighted by Crippen LogP contribution is -2.29. The molecule has 0 fully saturated rings. The average molecular weight is 367 g/mol. The largest absolute Gasteiger partial charge is 0.349 e. The fourth-order valence-corrected chi connectivity index (χ4v) is 2.68. The first kappa shape index (κ1) is 20.2. The SMILES string of the molecule is CC(=O)NC(CC(=O)Nc1cccc(C(=O)N(C)C)c1)c1ccc(C)cc1. The Morgan fingerprint density at radius 1 is 1.04 bits per heavy atom. The first-order chi connectivity index (χ1) is 12.8. The van der Waals surface area contributed by atoms with Gasteiger partial charge in [0.05, 0.1) is 12.5 Å². The Morgan fingerprint density at radius 3 is 2.30 bits per heavy atom. The molecule has 2 aromatic carbocycles. The average Bonchev–Trinajstić information content (AvgIpc) is 2.60. The molecule has 2 aromatic rings. The molecular weight excluding hydrogens is 342 g/mol. The topological polar surface area (TPSA) is 78.5 Å². The maximum atomic E-state index is 12.5. The minimum Gasteiger partial charge on any atom is -0.349 e. The number of hydrogen-bond donors (Lipinski definition) is 2. The minimum absolute atomic E-state index is 0.0918. The van der Waals surface area contributed by atoms with Gasteiger partial charge in [-0.25, -0.2) is 0 Å². The number of aryl methyl sites for hydroxylation is 1. The summed E-state index contributed by atoms with van der Waals surface area (Å²) < 4.78 is 0. The summed E-state index contributed by atoms with van der Waals surface area (Å²) >= 11 is 0. The van der Waals surface area contributed by atoms with Crippen molar-refractivity contribution in [1.82, 2.24) is 10.2 Å². The zero-order chi connectivity index (χ0) is 20.0. The van der Waals surface area contributed by atoms with Crippen LogP contribution in [0.2, 0.25) is 0 Å². The molecule has 0 aromatic heterocycles. The molecule has 6 nitrogen and oxygen atoms in total. The molecule has 27 heavy (non-hydrogen) atoms. The van der Waals surface area contributed by atoms with Gasteiger partial charge in [0, 0.05) is 32.3 Å². The number of carbonyl (C=O) groups is 3. The van der Waals surface area contributed by atoms with Crippen molar-refractivity contribution in [3.05, 3.63) is 65.2 Å². The summed E-state index contributed by atoms with van der Waals surface area (Å²) in [5, 5.41) is 5.62. The van der Waals surface area contributed by atoms with E-state index < -0.39 is 6.04 Å². The molecule has 3 amide bonds. The van der Waals surface area contributed by atoms with Crippen molar-refractivity contribution in [1.29, 1.82) is 0 Å². The van der Waals surface area contributed by atoms with E-state index in [2.05, 4.69) is 10.6 Å². The maximum absolute atomic E-state index is 12.5. The van der Waals surface area contributed by atoms with Gasteiger partial charge in [0.25, 0.3) is 5.91 Å². The van der Waals surface area contributed by atoms with Gasteiger partial charge >= 0.3 is 0 Å². The molecular formula is C21H25N3O3. The lowest BCUT2D eigenvalue weighted by atomic mass is 10.0. The smallest absolute Gasteiger partial charge is 0.253 e. The number of rotatable bonds is 6. The maximum Gasteiger partial charge on any atom is 0.253 e. The van der Waals surface area contributed by atoms with Gasteiger partial charge in [-0.15, -0.1) is 0 Å². The van der Waals surface area contributed by atoms with Gasteiger partial charge in [-0.2, -0.15) is 0 Å². The molecule has 0 heterocycles. The molecule has 0 aliphatic rings. The predicted molar refractivity (Wildman–Crippen MR) is 105 cm³/mol. The lowest BCUT2D eigenvalue weighted by molar-refractivity contribution is -0.120. The fourth-order valence-electron chi connectivity index (χ4n) is 2.68. The zero-order valence-electron chi connectivity index (χ0n) is 16.1. The van der Waals surface area contributed by atoms with Crippen LogP contribution in [0, 0.1) is 6.92 Å². The van der Waals surface area contributed by atoms with Crippen LogP contribution in [-0.4, -0.2) is 36.7 Å². The van der Waals surface area contributed by atoms with E-state index in [-0.39, 0.29) is 24.1 Å². The van der Waals surface area contributed by atoms with Crippen molar-refractivity contribution in [2.75, 3.05) is 19.4 Å². The molecule has 2 N–H and O–H groups in total. The van der Waals surface area contributed by atoms with E-state index in [1.807, 2.05) is 31.2 Å². The number of amides is 3. The molecule has 1 unspecified atom stereocenters. The van der Waals surface area contributed by atoms with Gasteiger partial charge in [-0.05, 0) is 30.7 Å². The molecule has 0 aliphatic heterocycles. The summed E-state index contributed by atoms with van der Waals surface area (Å²) in [4.78, 5) is 37.6. The van der Waals surface area contributed by atoms with Crippen LogP contribution in [-0.2, 0) is 9.59 Å². The Labute approximate surface area is 159 Å². The monoisotopic (exact) mass is 367 g/mol. The van der Waals surface area contributed by atoms with Crippen LogP contribution in [0.3, 0.4) is 0 Å². The molecule has 0 aliphatic carbocycles. The Kier molecular flexibility index (Phi) is 6.71. The third-order valence-electron chi connectivity index (χ3n) is 4.05. The third kappa shape index (κ3) is 5.95. The first-order valence-electron chi connectivity index (χ1n) is 8.71. The van der Waals surface area contributed by atoms with Crippen LogP contribution >= 0.6 is 0 Å². The molecule has 0 bridgehead atoms. The fraction of sp³-hybridized carbons (Fsp3) is 0.286. The van der Waals surface area contributed by atoms with Gasteiger partial charge in [-0.1, -0.05) is 35.9 Å². The number of carbonyl (C=O) groups excluding carboxylic acids is 3. The number of hydrogen-bond acceptors (Lipinski definition) is 3. The summed E-state index contributed by atoms with van der Waals surface area (Å²) in [5.41, 5.74) is 3.00. The van der Waals surface area contributed by atoms with Gasteiger partial charge < -0.3 is 15.5 Å². The van der Waals surface area contributed by atoms with Gasteiger partial charge in [-0.3, -0.25) is 14.4 Å². The van der Waals surface area contributed by atoms with Crippen LogP contribution in [0.1, 0.15) is 40.9 Å². The van der Waals surface area contributed by atoms with E-state index in [9.17, 15) is 14.4 Å². The van der Waals surface area contributed by atoms with Gasteiger partial charge in [0.2, 0.25) is 11.8 Å². The first-order valence-corrected chi connectivity index (χ1v) is 8.71. The van der Waals surface area contributed by atoms with Crippen molar-refractivity contribution >= 4 is 23.4 Å². The minimum atomic E-state index is -0.422. The van der Waals surface area contributed by atoms with Crippen LogP contribution < -0.4 is 10.6 Å². The van der Waals surface area contributed by atoms with Crippen molar-refractivity contribution in [3.8, 4) is 0 Å². The standard InChI is InChI=1S/C21H25N3O3/c1-14-8-10-16(11-9-14)19(22-15(2)25)13-20(26)23-18-7-5-6-17(12-18)21(27)24(3)4/h5-12,19H,13H2,1-4H3,(H,22,25)(H,23,26). The highest BCUT2D eigenvalue weighted by atomic mass is 16.2. The number of nitrogens with one attached hydrogen (secondary N) is 2. The summed E-state index contributed by atoms with van der Waals surface area (Å²) in [6.45, 7) is 3.40. The van der Waals surface area contributed by atoms with E-state index in [1.54, 1.807) is 38.4 Å². The number of nitrogens with zero attached hydrogens (tertiary/aromatic N) is 1. The highest BCUT2D eigenvalue weighted by Crippen LogP contribution is 2.19. The number of benzene rings is 2. The summed E-state index contributed by atoms with van der Waals surface area (Å²) in [7, 11) is 3.35. The summed E-state index contributed by atoms with van der Waals surface area (Å²) in [6.07, 6.45) is 0.0918. The highest BCUT2D eigenvalue weighted by molar-refractivity contribution is 5.97. The van der Waals surface area contributed by atoms with Crippen molar-refractivity contribution < 1.29 is 14.4 Å². The Hall–Kier alpha value is -3.15. The van der Waals surface area contributed by atoms with Crippen LogP contribution in [0.15, 0.2) is 48.5 Å². The summed E-state index contributed by atoms with van der Waals surface area (Å²) in [5.74, 6) is -0.586. The Bertz CT molecular complexity index is 829. The second-order valence-corrected chi connectivity index (χ2v) is 6.70. The van der Waals surface area contributed by atoms with Gasteiger partial charge in [0.1, 0.15) is 0 Å².